The number of nitrogens with zero attached hydrogens (tertiary/aromatic N) is 2. The zero-order valence-electron chi connectivity index (χ0n) is 13.2. The summed E-state index contributed by atoms with van der Waals surface area (Å²) in [5.41, 5.74) is -0.205. The Morgan fingerprint density at radius 3 is 2.29 bits per heavy atom. The molecule has 1 atom stereocenters. The fraction of sp³-hybridized carbons (Fsp3) is 1.00. The van der Waals surface area contributed by atoms with Crippen LogP contribution in [0.2, 0.25) is 0 Å². The van der Waals surface area contributed by atoms with Crippen LogP contribution >= 0.6 is 0 Å². The lowest BCUT2D eigenvalue weighted by atomic mass is 9.92. The molecule has 2 N–H and O–H groups in total. The zero-order valence-corrected chi connectivity index (χ0v) is 14.0. The molecule has 2 aliphatic rings. The molecule has 21 heavy (non-hydrogen) atoms. The van der Waals surface area contributed by atoms with Crippen LogP contribution in [0.5, 0.6) is 0 Å². The van der Waals surface area contributed by atoms with Gasteiger partial charge in [-0.2, -0.15) is 4.31 Å². The Labute approximate surface area is 128 Å². The van der Waals surface area contributed by atoms with Gasteiger partial charge >= 0.3 is 0 Å². The van der Waals surface area contributed by atoms with Crippen LogP contribution in [0.1, 0.15) is 26.2 Å². The third kappa shape index (κ3) is 4.39. The second-order valence-corrected chi connectivity index (χ2v) is 8.44. The van der Waals surface area contributed by atoms with Crippen LogP contribution < -0.4 is 5.32 Å². The zero-order chi connectivity index (χ0) is 15.5. The van der Waals surface area contributed by atoms with E-state index in [2.05, 4.69) is 17.1 Å². The van der Waals surface area contributed by atoms with E-state index in [-0.39, 0.29) is 12.1 Å². The Morgan fingerprint density at radius 2 is 1.86 bits per heavy atom. The standard InChI is InChI=1S/C14H29N3O3S/c1-3-6-15-14(12-18,13-4-5-13)11-16-7-9-17(10-8-16)21(2,19)20/h13,15,18H,3-12H2,1-2H3. The van der Waals surface area contributed by atoms with Gasteiger partial charge in [-0.3, -0.25) is 4.90 Å². The van der Waals surface area contributed by atoms with Crippen LogP contribution in [0, 0.1) is 5.92 Å². The molecule has 1 heterocycles. The van der Waals surface area contributed by atoms with Crippen molar-refractivity contribution in [1.29, 1.82) is 0 Å². The minimum atomic E-state index is -3.08. The van der Waals surface area contributed by atoms with Crippen molar-refractivity contribution in [2.24, 2.45) is 5.92 Å². The predicted molar refractivity (Wildman–Crippen MR) is 83.7 cm³/mol. The van der Waals surface area contributed by atoms with E-state index >= 15 is 0 Å². The van der Waals surface area contributed by atoms with E-state index in [1.54, 1.807) is 4.31 Å². The molecule has 0 amide bonds. The molecule has 0 aromatic heterocycles. The topological polar surface area (TPSA) is 72.9 Å². The van der Waals surface area contributed by atoms with E-state index in [1.165, 1.54) is 19.1 Å². The van der Waals surface area contributed by atoms with Crippen LogP contribution in [0.3, 0.4) is 0 Å². The normalized spacial score (nSPS) is 24.9. The highest BCUT2D eigenvalue weighted by molar-refractivity contribution is 7.88. The van der Waals surface area contributed by atoms with Gasteiger partial charge in [0.2, 0.25) is 10.0 Å². The minimum absolute atomic E-state index is 0.157. The summed E-state index contributed by atoms with van der Waals surface area (Å²) in [5.74, 6) is 0.557. The van der Waals surface area contributed by atoms with Crippen molar-refractivity contribution >= 4 is 10.0 Å². The van der Waals surface area contributed by atoms with Crippen LogP contribution in [-0.4, -0.2) is 80.4 Å². The highest BCUT2D eigenvalue weighted by atomic mass is 32.2. The monoisotopic (exact) mass is 319 g/mol. The van der Waals surface area contributed by atoms with E-state index in [0.29, 0.717) is 19.0 Å². The highest BCUT2D eigenvalue weighted by Gasteiger charge is 2.45. The molecule has 1 saturated heterocycles. The van der Waals surface area contributed by atoms with Gasteiger partial charge in [-0.1, -0.05) is 6.92 Å². The molecule has 2 fully saturated rings. The van der Waals surface area contributed by atoms with Crippen molar-refractivity contribution < 1.29 is 13.5 Å². The van der Waals surface area contributed by atoms with E-state index in [0.717, 1.165) is 32.6 Å². The van der Waals surface area contributed by atoms with Crippen LogP contribution in [0.15, 0.2) is 0 Å². The maximum Gasteiger partial charge on any atom is 0.211 e. The highest BCUT2D eigenvalue weighted by Crippen LogP contribution is 2.40. The first-order chi connectivity index (χ1) is 9.91. The first-order valence-electron chi connectivity index (χ1n) is 7.94. The van der Waals surface area contributed by atoms with Gasteiger partial charge in [0.05, 0.1) is 18.4 Å². The van der Waals surface area contributed by atoms with Crippen molar-refractivity contribution in [2.75, 3.05) is 52.1 Å². The van der Waals surface area contributed by atoms with Crippen molar-refractivity contribution in [3.63, 3.8) is 0 Å². The summed E-state index contributed by atoms with van der Waals surface area (Å²) in [6.07, 6.45) is 4.69. The van der Waals surface area contributed by atoms with Gasteiger partial charge < -0.3 is 10.4 Å². The van der Waals surface area contributed by atoms with Gasteiger partial charge in [0.1, 0.15) is 0 Å². The summed E-state index contributed by atoms with van der Waals surface area (Å²) >= 11 is 0. The summed E-state index contributed by atoms with van der Waals surface area (Å²) in [6, 6.07) is 0. The number of piperazine rings is 1. The van der Waals surface area contributed by atoms with Crippen LogP contribution in [-0.2, 0) is 10.0 Å². The Kier molecular flexibility index (Phi) is 5.65. The molecule has 0 aromatic carbocycles. The Hall–Kier alpha value is -0.210. The lowest BCUT2D eigenvalue weighted by molar-refractivity contribution is 0.0750. The summed E-state index contributed by atoms with van der Waals surface area (Å²) in [6.45, 7) is 6.62. The third-order valence-corrected chi connectivity index (χ3v) is 5.98. The Bertz CT molecular complexity index is 431. The van der Waals surface area contributed by atoms with Gasteiger partial charge in [-0.05, 0) is 31.7 Å². The fourth-order valence-corrected chi connectivity index (χ4v) is 4.02. The average molecular weight is 319 g/mol. The van der Waals surface area contributed by atoms with E-state index in [4.69, 9.17) is 0 Å². The molecule has 1 aliphatic carbocycles. The fourth-order valence-electron chi connectivity index (χ4n) is 3.19. The predicted octanol–water partition coefficient (Wildman–Crippen LogP) is -0.296. The van der Waals surface area contributed by atoms with E-state index in [1.807, 2.05) is 0 Å². The molecule has 1 unspecified atom stereocenters. The first-order valence-corrected chi connectivity index (χ1v) is 9.79. The summed E-state index contributed by atoms with van der Waals surface area (Å²) in [7, 11) is -3.08. The number of aliphatic hydroxyl groups is 1. The molecular weight excluding hydrogens is 290 g/mol. The van der Waals surface area contributed by atoms with Crippen molar-refractivity contribution in [3.8, 4) is 0 Å². The summed E-state index contributed by atoms with van der Waals surface area (Å²) in [5, 5.41) is 13.5. The molecule has 0 aromatic rings. The van der Waals surface area contributed by atoms with Gasteiger partial charge in [0, 0.05) is 32.7 Å². The second-order valence-electron chi connectivity index (χ2n) is 6.45. The molecule has 1 saturated carbocycles. The minimum Gasteiger partial charge on any atom is -0.394 e. The number of sulfonamides is 1. The quantitative estimate of drug-likeness (QED) is 0.643. The summed E-state index contributed by atoms with van der Waals surface area (Å²) in [4.78, 5) is 2.29. The van der Waals surface area contributed by atoms with E-state index < -0.39 is 10.0 Å². The molecular formula is C14H29N3O3S. The molecule has 0 radical (unpaired) electrons. The molecule has 1 aliphatic heterocycles. The van der Waals surface area contributed by atoms with Crippen molar-refractivity contribution in [2.45, 2.75) is 31.7 Å². The molecule has 2 rings (SSSR count). The van der Waals surface area contributed by atoms with Gasteiger partial charge in [-0.25, -0.2) is 8.42 Å². The number of nitrogens with one attached hydrogen (secondary N) is 1. The van der Waals surface area contributed by atoms with Crippen LogP contribution in [0.25, 0.3) is 0 Å². The van der Waals surface area contributed by atoms with Crippen molar-refractivity contribution in [3.05, 3.63) is 0 Å². The maximum absolute atomic E-state index is 11.5. The first kappa shape index (κ1) is 17.1. The smallest absolute Gasteiger partial charge is 0.211 e. The molecule has 7 heteroatoms. The number of hydrogen-bond acceptors (Lipinski definition) is 5. The van der Waals surface area contributed by atoms with Crippen molar-refractivity contribution in [1.82, 2.24) is 14.5 Å². The Morgan fingerprint density at radius 1 is 1.24 bits per heavy atom. The average Bonchev–Trinajstić information content (AvgIpc) is 3.28. The Balaban J connectivity index is 1.93. The lowest BCUT2D eigenvalue weighted by Gasteiger charge is -2.41. The molecule has 0 bridgehead atoms. The van der Waals surface area contributed by atoms with Gasteiger partial charge in [0.15, 0.2) is 0 Å². The SMILES string of the molecule is CCCNC(CO)(CN1CCN(S(C)(=O)=O)CC1)C1CC1. The maximum atomic E-state index is 11.5. The molecule has 6 nitrogen and oxygen atoms in total. The van der Waals surface area contributed by atoms with E-state index in [9.17, 15) is 13.5 Å². The lowest BCUT2D eigenvalue weighted by Crippen LogP contribution is -2.61. The van der Waals surface area contributed by atoms with Gasteiger partial charge in [0.25, 0.3) is 0 Å². The summed E-state index contributed by atoms with van der Waals surface area (Å²) < 4.78 is 24.6. The number of aliphatic hydroxyl groups excluding tert-OH is 1. The van der Waals surface area contributed by atoms with Gasteiger partial charge in [-0.15, -0.1) is 0 Å². The number of rotatable bonds is 8. The second kappa shape index (κ2) is 6.91. The third-order valence-electron chi connectivity index (χ3n) is 4.67. The molecule has 0 spiro atoms. The largest absolute Gasteiger partial charge is 0.394 e. The number of hydrogen-bond donors (Lipinski definition) is 2. The van der Waals surface area contributed by atoms with Crippen LogP contribution in [0.4, 0.5) is 0 Å². The molecule has 124 valence electrons.